The van der Waals surface area contributed by atoms with Crippen LogP contribution in [0.15, 0.2) is 48.5 Å². The molecule has 2 rings (SSSR count). The lowest BCUT2D eigenvalue weighted by atomic mass is 10.1. The number of carbonyl (C=O) groups excluding carboxylic acids is 1. The molecule has 0 radical (unpaired) electrons. The highest BCUT2D eigenvalue weighted by molar-refractivity contribution is 5.94. The minimum atomic E-state index is -0.519. The molecule has 0 amide bonds. The van der Waals surface area contributed by atoms with E-state index in [1.165, 1.54) is 25.1 Å². The van der Waals surface area contributed by atoms with Gasteiger partial charge >= 0.3 is 0 Å². The Morgan fingerprint density at radius 1 is 1.17 bits per heavy atom. The van der Waals surface area contributed by atoms with Crippen LogP contribution in [0.4, 0.5) is 4.39 Å². The summed E-state index contributed by atoms with van der Waals surface area (Å²) >= 11 is 0. The highest BCUT2D eigenvalue weighted by Gasteiger charge is 2.08. The SMILES string of the molecule is CC(=O)c1cc(OCc2ccccc2)ccc1F. The van der Waals surface area contributed by atoms with Crippen LogP contribution in [0.25, 0.3) is 0 Å². The molecule has 18 heavy (non-hydrogen) atoms. The van der Waals surface area contributed by atoms with Gasteiger partial charge in [0.2, 0.25) is 0 Å². The summed E-state index contributed by atoms with van der Waals surface area (Å²) in [6.45, 7) is 1.73. The lowest BCUT2D eigenvalue weighted by Crippen LogP contribution is -2.00. The highest BCUT2D eigenvalue weighted by Crippen LogP contribution is 2.18. The second-order valence-electron chi connectivity index (χ2n) is 3.97. The quantitative estimate of drug-likeness (QED) is 0.768. The molecule has 3 heteroatoms. The second kappa shape index (κ2) is 5.45. The molecule has 0 atom stereocenters. The fourth-order valence-corrected chi connectivity index (χ4v) is 1.60. The van der Waals surface area contributed by atoms with Crippen LogP contribution in [-0.4, -0.2) is 5.78 Å². The first-order valence-electron chi connectivity index (χ1n) is 5.64. The Morgan fingerprint density at radius 2 is 1.89 bits per heavy atom. The number of rotatable bonds is 4. The molecule has 0 unspecified atom stereocenters. The number of benzene rings is 2. The van der Waals surface area contributed by atoms with E-state index in [9.17, 15) is 9.18 Å². The first kappa shape index (κ1) is 12.3. The van der Waals surface area contributed by atoms with E-state index in [1.807, 2.05) is 30.3 Å². The Kier molecular flexibility index (Phi) is 3.72. The summed E-state index contributed by atoms with van der Waals surface area (Å²) in [5.41, 5.74) is 1.08. The Hall–Kier alpha value is -2.16. The maximum atomic E-state index is 13.3. The van der Waals surface area contributed by atoms with E-state index in [0.717, 1.165) is 5.56 Å². The van der Waals surface area contributed by atoms with Gasteiger partial charge < -0.3 is 4.74 Å². The molecular formula is C15H13FO2. The van der Waals surface area contributed by atoms with Crippen LogP contribution in [0.3, 0.4) is 0 Å². The molecule has 0 N–H and O–H groups in total. The summed E-state index contributed by atoms with van der Waals surface area (Å²) in [6, 6.07) is 13.8. The summed E-state index contributed by atoms with van der Waals surface area (Å²) in [7, 11) is 0. The first-order chi connectivity index (χ1) is 8.66. The van der Waals surface area contributed by atoms with Gasteiger partial charge in [0, 0.05) is 0 Å². The molecule has 2 aromatic rings. The van der Waals surface area contributed by atoms with Gasteiger partial charge in [0.15, 0.2) is 5.78 Å². The topological polar surface area (TPSA) is 26.3 Å². The fourth-order valence-electron chi connectivity index (χ4n) is 1.60. The number of carbonyl (C=O) groups is 1. The molecule has 0 spiro atoms. The van der Waals surface area contributed by atoms with Crippen LogP contribution in [0.1, 0.15) is 22.8 Å². The number of ketones is 1. The van der Waals surface area contributed by atoms with Gasteiger partial charge in [-0.05, 0) is 30.7 Å². The molecule has 0 aliphatic rings. The zero-order valence-electron chi connectivity index (χ0n) is 10.0. The second-order valence-corrected chi connectivity index (χ2v) is 3.97. The number of ether oxygens (including phenoxy) is 1. The van der Waals surface area contributed by atoms with Crippen LogP contribution in [0.5, 0.6) is 5.75 Å². The monoisotopic (exact) mass is 244 g/mol. The van der Waals surface area contributed by atoms with Gasteiger partial charge in [0.05, 0.1) is 5.56 Å². The Morgan fingerprint density at radius 3 is 2.56 bits per heavy atom. The third-order valence-electron chi connectivity index (χ3n) is 2.57. The van der Waals surface area contributed by atoms with Crippen LogP contribution < -0.4 is 4.74 Å². The zero-order chi connectivity index (χ0) is 13.0. The van der Waals surface area contributed by atoms with E-state index in [4.69, 9.17) is 4.74 Å². The van der Waals surface area contributed by atoms with E-state index < -0.39 is 5.82 Å². The summed E-state index contributed by atoms with van der Waals surface area (Å²) < 4.78 is 18.8. The van der Waals surface area contributed by atoms with Crippen molar-refractivity contribution < 1.29 is 13.9 Å². The average Bonchev–Trinajstić information content (AvgIpc) is 2.38. The average molecular weight is 244 g/mol. The van der Waals surface area contributed by atoms with Gasteiger partial charge in [-0.25, -0.2) is 4.39 Å². The zero-order valence-corrected chi connectivity index (χ0v) is 10.0. The van der Waals surface area contributed by atoms with Crippen molar-refractivity contribution in [2.24, 2.45) is 0 Å². The van der Waals surface area contributed by atoms with E-state index in [-0.39, 0.29) is 11.3 Å². The van der Waals surface area contributed by atoms with Gasteiger partial charge in [0.1, 0.15) is 18.2 Å². The molecule has 0 heterocycles. The van der Waals surface area contributed by atoms with E-state index in [2.05, 4.69) is 0 Å². The number of Topliss-reactive ketones (excluding diaryl/α,β-unsaturated/α-hetero) is 1. The third kappa shape index (κ3) is 2.94. The Balaban J connectivity index is 2.11. The molecule has 0 saturated heterocycles. The molecule has 0 aromatic heterocycles. The molecule has 0 aliphatic carbocycles. The van der Waals surface area contributed by atoms with Gasteiger partial charge in [-0.15, -0.1) is 0 Å². The minimum Gasteiger partial charge on any atom is -0.489 e. The maximum Gasteiger partial charge on any atom is 0.162 e. The van der Waals surface area contributed by atoms with Crippen molar-refractivity contribution in [3.63, 3.8) is 0 Å². The van der Waals surface area contributed by atoms with Gasteiger partial charge in [-0.3, -0.25) is 4.79 Å². The molecule has 0 bridgehead atoms. The first-order valence-corrected chi connectivity index (χ1v) is 5.64. The Bertz CT molecular complexity index is 550. The lowest BCUT2D eigenvalue weighted by Gasteiger charge is -2.07. The minimum absolute atomic E-state index is 0.0561. The van der Waals surface area contributed by atoms with Gasteiger partial charge in [-0.1, -0.05) is 30.3 Å². The molecular weight excluding hydrogens is 231 g/mol. The standard InChI is InChI=1S/C15H13FO2/c1-11(17)14-9-13(7-8-15(14)16)18-10-12-5-3-2-4-6-12/h2-9H,10H2,1H3. The predicted molar refractivity (Wildman–Crippen MR) is 67.2 cm³/mol. The van der Waals surface area contributed by atoms with E-state index >= 15 is 0 Å². The number of hydrogen-bond donors (Lipinski definition) is 0. The predicted octanol–water partition coefficient (Wildman–Crippen LogP) is 3.61. The van der Waals surface area contributed by atoms with Crippen LogP contribution in [0.2, 0.25) is 0 Å². The smallest absolute Gasteiger partial charge is 0.162 e. The van der Waals surface area contributed by atoms with E-state index in [0.29, 0.717) is 12.4 Å². The maximum absolute atomic E-state index is 13.3. The number of halogens is 1. The van der Waals surface area contributed by atoms with Crippen molar-refractivity contribution in [2.75, 3.05) is 0 Å². The van der Waals surface area contributed by atoms with Crippen molar-refractivity contribution in [1.82, 2.24) is 0 Å². The van der Waals surface area contributed by atoms with Crippen LogP contribution >= 0.6 is 0 Å². The van der Waals surface area contributed by atoms with Crippen molar-refractivity contribution in [3.05, 3.63) is 65.5 Å². The highest BCUT2D eigenvalue weighted by atomic mass is 19.1. The summed E-state index contributed by atoms with van der Waals surface area (Å²) in [6.07, 6.45) is 0. The van der Waals surface area contributed by atoms with Crippen molar-refractivity contribution >= 4 is 5.78 Å². The molecule has 2 nitrogen and oxygen atoms in total. The normalized spacial score (nSPS) is 10.1. The molecule has 0 saturated carbocycles. The van der Waals surface area contributed by atoms with Gasteiger partial charge in [-0.2, -0.15) is 0 Å². The van der Waals surface area contributed by atoms with E-state index in [1.54, 1.807) is 0 Å². The van der Waals surface area contributed by atoms with Crippen molar-refractivity contribution in [3.8, 4) is 5.75 Å². The Labute approximate surface area is 105 Å². The lowest BCUT2D eigenvalue weighted by molar-refractivity contribution is 0.101. The van der Waals surface area contributed by atoms with Crippen molar-refractivity contribution in [1.29, 1.82) is 0 Å². The third-order valence-corrected chi connectivity index (χ3v) is 2.57. The molecule has 0 fully saturated rings. The molecule has 92 valence electrons. The summed E-state index contributed by atoms with van der Waals surface area (Å²) in [5, 5.41) is 0. The summed E-state index contributed by atoms with van der Waals surface area (Å²) in [4.78, 5) is 11.2. The largest absolute Gasteiger partial charge is 0.489 e. The fraction of sp³-hybridized carbons (Fsp3) is 0.133. The van der Waals surface area contributed by atoms with Gasteiger partial charge in [0.25, 0.3) is 0 Å². The summed E-state index contributed by atoms with van der Waals surface area (Å²) in [5.74, 6) is -0.335. The van der Waals surface area contributed by atoms with Crippen LogP contribution in [0, 0.1) is 5.82 Å². The van der Waals surface area contributed by atoms with Crippen molar-refractivity contribution in [2.45, 2.75) is 13.5 Å². The molecule has 0 aliphatic heterocycles. The molecule has 2 aromatic carbocycles. The van der Waals surface area contributed by atoms with Crippen LogP contribution in [-0.2, 0) is 6.61 Å². The number of hydrogen-bond acceptors (Lipinski definition) is 2.